The van der Waals surface area contributed by atoms with Crippen molar-refractivity contribution in [2.24, 2.45) is 5.92 Å². The van der Waals surface area contributed by atoms with E-state index in [2.05, 4.69) is 45.8 Å². The number of nitrogens with one attached hydrogen (secondary N) is 1. The largest absolute Gasteiger partial charge is 0.347 e. The van der Waals surface area contributed by atoms with E-state index in [9.17, 15) is 4.79 Å². The van der Waals surface area contributed by atoms with E-state index in [0.717, 1.165) is 49.0 Å². The molecule has 1 saturated heterocycles. The Hall–Kier alpha value is -2.73. The number of benzene rings is 2. The Morgan fingerprint density at radius 1 is 1.03 bits per heavy atom. The third-order valence-corrected chi connectivity index (χ3v) is 6.21. The fourth-order valence-electron chi connectivity index (χ4n) is 3.55. The summed E-state index contributed by atoms with van der Waals surface area (Å²) in [6.07, 6.45) is 2.43. The van der Waals surface area contributed by atoms with Gasteiger partial charge in [0.15, 0.2) is 0 Å². The molecular formula is C23H26N4OS. The minimum Gasteiger partial charge on any atom is -0.347 e. The van der Waals surface area contributed by atoms with Gasteiger partial charge < -0.3 is 10.2 Å². The minimum atomic E-state index is 0.0486. The van der Waals surface area contributed by atoms with Crippen LogP contribution in [0.4, 0.5) is 10.8 Å². The molecule has 29 heavy (non-hydrogen) atoms. The summed E-state index contributed by atoms with van der Waals surface area (Å²) in [5.41, 5.74) is 4.55. The molecule has 0 bridgehead atoms. The lowest BCUT2D eigenvalue weighted by Crippen LogP contribution is -2.38. The molecule has 1 aliphatic rings. The molecule has 1 amide bonds. The summed E-state index contributed by atoms with van der Waals surface area (Å²) in [5.74, 6) is 1.03. The zero-order chi connectivity index (χ0) is 20.2. The van der Waals surface area contributed by atoms with E-state index in [4.69, 9.17) is 4.98 Å². The van der Waals surface area contributed by atoms with Crippen LogP contribution in [-0.2, 0) is 11.2 Å². The second kappa shape index (κ2) is 8.74. The third-order valence-electron chi connectivity index (χ3n) is 5.40. The number of rotatable bonds is 5. The van der Waals surface area contributed by atoms with Crippen molar-refractivity contribution >= 4 is 28.3 Å². The summed E-state index contributed by atoms with van der Waals surface area (Å²) in [5, 5.41) is 4.01. The average Bonchev–Trinajstić information content (AvgIpc) is 3.20. The molecule has 0 aliphatic carbocycles. The molecule has 0 atom stereocenters. The molecule has 1 fully saturated rings. The lowest BCUT2D eigenvalue weighted by atomic mass is 9.96. The van der Waals surface area contributed by atoms with Crippen LogP contribution in [0.1, 0.15) is 35.4 Å². The molecular weight excluding hydrogens is 380 g/mol. The van der Waals surface area contributed by atoms with Gasteiger partial charge in [0.25, 0.3) is 0 Å². The van der Waals surface area contributed by atoms with Gasteiger partial charge in [0.05, 0.1) is 0 Å². The Morgan fingerprint density at radius 3 is 2.31 bits per heavy atom. The predicted octanol–water partition coefficient (Wildman–Crippen LogP) is 4.60. The number of carbonyl (C=O) groups is 1. The molecule has 2 heterocycles. The van der Waals surface area contributed by atoms with Crippen molar-refractivity contribution in [2.75, 3.05) is 23.3 Å². The van der Waals surface area contributed by atoms with Crippen molar-refractivity contribution in [2.45, 2.75) is 33.1 Å². The molecule has 0 unspecified atom stereocenters. The van der Waals surface area contributed by atoms with Crippen LogP contribution in [0.2, 0.25) is 0 Å². The third kappa shape index (κ3) is 5.01. The normalized spacial score (nSPS) is 14.8. The van der Waals surface area contributed by atoms with Crippen LogP contribution in [-0.4, -0.2) is 28.4 Å². The highest BCUT2D eigenvalue weighted by Crippen LogP contribution is 2.26. The van der Waals surface area contributed by atoms with Crippen molar-refractivity contribution in [3.05, 3.63) is 71.0 Å². The van der Waals surface area contributed by atoms with E-state index < -0.39 is 0 Å². The Labute approximate surface area is 176 Å². The molecule has 3 aromatic rings. The number of amides is 1. The number of hydrogen-bond acceptors (Lipinski definition) is 5. The standard InChI is InChI=1S/C23H26N4OS/c1-16-3-7-18(8-4-16)15-21-25-23(29-26-21)27-13-11-19(12-14-27)22(28)24-20-9-5-17(2)6-10-20/h3-10,19H,11-15H2,1-2H3,(H,24,28). The van der Waals surface area contributed by atoms with Gasteiger partial charge in [-0.15, -0.1) is 0 Å². The van der Waals surface area contributed by atoms with Crippen molar-refractivity contribution in [3.8, 4) is 0 Å². The van der Waals surface area contributed by atoms with Crippen LogP contribution >= 0.6 is 11.5 Å². The molecule has 6 heteroatoms. The highest BCUT2D eigenvalue weighted by atomic mass is 32.1. The smallest absolute Gasteiger partial charge is 0.227 e. The Kier molecular flexibility index (Phi) is 5.90. The van der Waals surface area contributed by atoms with Crippen LogP contribution < -0.4 is 10.2 Å². The van der Waals surface area contributed by atoms with Gasteiger partial charge in [-0.1, -0.05) is 47.5 Å². The van der Waals surface area contributed by atoms with Gasteiger partial charge in [0, 0.05) is 42.6 Å². The maximum atomic E-state index is 12.6. The van der Waals surface area contributed by atoms with Crippen molar-refractivity contribution in [1.82, 2.24) is 9.36 Å². The summed E-state index contributed by atoms with van der Waals surface area (Å²) in [7, 11) is 0. The molecule has 150 valence electrons. The van der Waals surface area contributed by atoms with Gasteiger partial charge in [0.2, 0.25) is 11.0 Å². The molecule has 1 N–H and O–H groups in total. The number of carbonyl (C=O) groups excluding carboxylic acids is 1. The van der Waals surface area contributed by atoms with Gasteiger partial charge in [0.1, 0.15) is 5.82 Å². The van der Waals surface area contributed by atoms with Crippen LogP contribution in [0.3, 0.4) is 0 Å². The molecule has 0 radical (unpaired) electrons. The lowest BCUT2D eigenvalue weighted by Gasteiger charge is -2.30. The summed E-state index contributed by atoms with van der Waals surface area (Å²) in [6, 6.07) is 16.5. The molecule has 0 spiro atoms. The maximum absolute atomic E-state index is 12.6. The van der Waals surface area contributed by atoms with Crippen LogP contribution in [0.5, 0.6) is 0 Å². The van der Waals surface area contributed by atoms with Crippen LogP contribution in [0, 0.1) is 19.8 Å². The monoisotopic (exact) mass is 406 g/mol. The van der Waals surface area contributed by atoms with Gasteiger partial charge in [-0.05, 0) is 44.4 Å². The second-order valence-electron chi connectivity index (χ2n) is 7.77. The first-order valence-corrected chi connectivity index (χ1v) is 10.8. The molecule has 1 aromatic heterocycles. The fourth-order valence-corrected chi connectivity index (χ4v) is 4.28. The van der Waals surface area contributed by atoms with E-state index in [-0.39, 0.29) is 11.8 Å². The topological polar surface area (TPSA) is 58.1 Å². The first-order chi connectivity index (χ1) is 14.1. The quantitative estimate of drug-likeness (QED) is 0.673. The zero-order valence-electron chi connectivity index (χ0n) is 16.9. The minimum absolute atomic E-state index is 0.0486. The number of piperidine rings is 1. The lowest BCUT2D eigenvalue weighted by molar-refractivity contribution is -0.120. The average molecular weight is 407 g/mol. The molecule has 1 aliphatic heterocycles. The summed E-state index contributed by atoms with van der Waals surface area (Å²) in [4.78, 5) is 19.6. The Bertz CT molecular complexity index is 957. The molecule has 0 saturated carbocycles. The number of nitrogens with zero attached hydrogens (tertiary/aromatic N) is 3. The van der Waals surface area contributed by atoms with Crippen molar-refractivity contribution < 1.29 is 4.79 Å². The van der Waals surface area contributed by atoms with Gasteiger partial charge >= 0.3 is 0 Å². The molecule has 2 aromatic carbocycles. The van der Waals surface area contributed by atoms with E-state index in [1.165, 1.54) is 28.2 Å². The Balaban J connectivity index is 1.30. The zero-order valence-corrected chi connectivity index (χ0v) is 17.7. The number of aryl methyl sites for hydroxylation is 2. The fraction of sp³-hybridized carbons (Fsp3) is 0.348. The Morgan fingerprint density at radius 2 is 1.66 bits per heavy atom. The number of aromatic nitrogens is 2. The highest BCUT2D eigenvalue weighted by Gasteiger charge is 2.26. The number of hydrogen-bond donors (Lipinski definition) is 1. The maximum Gasteiger partial charge on any atom is 0.227 e. The van der Waals surface area contributed by atoms with E-state index in [0.29, 0.717) is 0 Å². The second-order valence-corrected chi connectivity index (χ2v) is 8.50. The predicted molar refractivity (Wildman–Crippen MR) is 119 cm³/mol. The SMILES string of the molecule is Cc1ccc(Cc2nsc(N3CCC(C(=O)Nc4ccc(C)cc4)CC3)n2)cc1. The highest BCUT2D eigenvalue weighted by molar-refractivity contribution is 7.09. The molecule has 5 nitrogen and oxygen atoms in total. The van der Waals surface area contributed by atoms with Gasteiger partial charge in [-0.3, -0.25) is 4.79 Å². The van der Waals surface area contributed by atoms with Crippen molar-refractivity contribution in [1.29, 1.82) is 0 Å². The van der Waals surface area contributed by atoms with E-state index >= 15 is 0 Å². The first kappa shape index (κ1) is 19.6. The van der Waals surface area contributed by atoms with E-state index in [1.54, 1.807) is 0 Å². The van der Waals surface area contributed by atoms with Gasteiger partial charge in [-0.2, -0.15) is 4.37 Å². The van der Waals surface area contributed by atoms with Crippen LogP contribution in [0.15, 0.2) is 48.5 Å². The van der Waals surface area contributed by atoms with E-state index in [1.807, 2.05) is 31.2 Å². The number of anilines is 2. The van der Waals surface area contributed by atoms with Gasteiger partial charge in [-0.25, -0.2) is 4.98 Å². The summed E-state index contributed by atoms with van der Waals surface area (Å²) < 4.78 is 4.54. The summed E-state index contributed by atoms with van der Waals surface area (Å²) in [6.45, 7) is 5.81. The molecule has 4 rings (SSSR count). The first-order valence-electron chi connectivity index (χ1n) is 10.1. The van der Waals surface area contributed by atoms with Crippen LogP contribution in [0.25, 0.3) is 0 Å². The van der Waals surface area contributed by atoms with Crippen molar-refractivity contribution in [3.63, 3.8) is 0 Å². The summed E-state index contributed by atoms with van der Waals surface area (Å²) >= 11 is 1.46.